The highest BCUT2D eigenvalue weighted by atomic mass is 79.9. The van der Waals surface area contributed by atoms with E-state index in [0.29, 0.717) is 0 Å². The quantitative estimate of drug-likeness (QED) is 0.729. The van der Waals surface area contributed by atoms with E-state index in [1.54, 1.807) is 11.3 Å². The molecular formula is C8H8Br2S. The van der Waals surface area contributed by atoms with Gasteiger partial charge < -0.3 is 0 Å². The van der Waals surface area contributed by atoms with Crippen LogP contribution in [0.5, 0.6) is 0 Å². The molecule has 0 N–H and O–H groups in total. The summed E-state index contributed by atoms with van der Waals surface area (Å²) in [5, 5.41) is 5.26. The molecule has 0 saturated heterocycles. The van der Waals surface area contributed by atoms with Crippen LogP contribution in [-0.4, -0.2) is 5.33 Å². The summed E-state index contributed by atoms with van der Waals surface area (Å²) in [6, 6.07) is 0. The van der Waals surface area contributed by atoms with Crippen molar-refractivity contribution in [1.29, 1.82) is 0 Å². The van der Waals surface area contributed by atoms with Crippen molar-refractivity contribution in [3.63, 3.8) is 0 Å². The Morgan fingerprint density at radius 2 is 2.27 bits per heavy atom. The van der Waals surface area contributed by atoms with Crippen LogP contribution in [0.4, 0.5) is 0 Å². The molecule has 0 bridgehead atoms. The first-order valence-corrected chi connectivity index (χ1v) is 6.14. The Kier molecular flexibility index (Phi) is 4.41. The van der Waals surface area contributed by atoms with Crippen molar-refractivity contribution in [3.05, 3.63) is 26.9 Å². The summed E-state index contributed by atoms with van der Waals surface area (Å²) in [6.07, 6.45) is 5.39. The average molecular weight is 296 g/mol. The fourth-order valence-electron chi connectivity index (χ4n) is 0.684. The van der Waals surface area contributed by atoms with E-state index >= 15 is 0 Å². The highest BCUT2D eigenvalue weighted by Gasteiger charge is 1.93. The Balaban J connectivity index is 2.56. The molecule has 0 unspecified atom stereocenters. The molecule has 1 heterocycles. The third-order valence-electron chi connectivity index (χ3n) is 1.22. The molecule has 1 aromatic rings. The molecule has 0 spiro atoms. The van der Waals surface area contributed by atoms with Gasteiger partial charge in [-0.25, -0.2) is 0 Å². The summed E-state index contributed by atoms with van der Waals surface area (Å²) in [6.45, 7) is 0. The van der Waals surface area contributed by atoms with Gasteiger partial charge in [-0.2, -0.15) is 11.3 Å². The standard InChI is InChI=1S/C8H8Br2S/c9-4-2-1-3-7-5-11-6-8(7)10/h1,3,5-6H,2,4H2. The second-order valence-electron chi connectivity index (χ2n) is 2.06. The summed E-state index contributed by atoms with van der Waals surface area (Å²) in [4.78, 5) is 0. The van der Waals surface area contributed by atoms with Crippen LogP contribution in [0.2, 0.25) is 0 Å². The first-order chi connectivity index (χ1) is 5.34. The van der Waals surface area contributed by atoms with Crippen molar-refractivity contribution in [2.45, 2.75) is 6.42 Å². The summed E-state index contributed by atoms with van der Waals surface area (Å²) < 4.78 is 1.19. The molecule has 3 heteroatoms. The van der Waals surface area contributed by atoms with Crippen molar-refractivity contribution < 1.29 is 0 Å². The van der Waals surface area contributed by atoms with Gasteiger partial charge in [-0.3, -0.25) is 0 Å². The third kappa shape index (κ3) is 3.09. The molecule has 0 aliphatic carbocycles. The van der Waals surface area contributed by atoms with E-state index in [1.165, 1.54) is 10.0 Å². The van der Waals surface area contributed by atoms with Crippen molar-refractivity contribution in [2.75, 3.05) is 5.33 Å². The first-order valence-electron chi connectivity index (χ1n) is 3.29. The second kappa shape index (κ2) is 5.12. The van der Waals surface area contributed by atoms with Gasteiger partial charge in [0.25, 0.3) is 0 Å². The van der Waals surface area contributed by atoms with E-state index in [0.717, 1.165) is 11.8 Å². The Labute approximate surface area is 87.6 Å². The molecule has 0 amide bonds. The molecule has 0 aromatic carbocycles. The van der Waals surface area contributed by atoms with E-state index in [2.05, 4.69) is 54.8 Å². The number of allylic oxidation sites excluding steroid dienone is 1. The van der Waals surface area contributed by atoms with Crippen LogP contribution < -0.4 is 0 Å². The Bertz CT molecular complexity index is 240. The van der Waals surface area contributed by atoms with Gasteiger partial charge in [0.15, 0.2) is 0 Å². The van der Waals surface area contributed by atoms with Gasteiger partial charge in [-0.15, -0.1) is 0 Å². The van der Waals surface area contributed by atoms with Gasteiger partial charge in [-0.05, 0) is 33.3 Å². The lowest BCUT2D eigenvalue weighted by molar-refractivity contribution is 1.27. The molecule has 0 fully saturated rings. The molecule has 0 aliphatic heterocycles. The zero-order valence-electron chi connectivity index (χ0n) is 5.89. The lowest BCUT2D eigenvalue weighted by atomic mass is 10.3. The molecular weight excluding hydrogens is 288 g/mol. The van der Waals surface area contributed by atoms with Crippen molar-refractivity contribution in [1.82, 2.24) is 0 Å². The Morgan fingerprint density at radius 1 is 1.45 bits per heavy atom. The maximum atomic E-state index is 3.47. The Morgan fingerprint density at radius 3 is 2.82 bits per heavy atom. The average Bonchev–Trinajstić information content (AvgIpc) is 2.37. The van der Waals surface area contributed by atoms with Gasteiger partial charge in [0.1, 0.15) is 0 Å². The van der Waals surface area contributed by atoms with Gasteiger partial charge >= 0.3 is 0 Å². The summed E-state index contributed by atoms with van der Waals surface area (Å²) in [5.41, 5.74) is 1.27. The smallest absolute Gasteiger partial charge is 0.0354 e. The number of hydrogen-bond acceptors (Lipinski definition) is 1. The van der Waals surface area contributed by atoms with E-state index < -0.39 is 0 Å². The molecule has 1 aromatic heterocycles. The van der Waals surface area contributed by atoms with Gasteiger partial charge in [0.2, 0.25) is 0 Å². The lowest BCUT2D eigenvalue weighted by Crippen LogP contribution is -1.67. The van der Waals surface area contributed by atoms with Crippen LogP contribution in [0.25, 0.3) is 6.08 Å². The molecule has 0 atom stereocenters. The Hall–Kier alpha value is 0.400. The van der Waals surface area contributed by atoms with E-state index in [1.807, 2.05) is 0 Å². The summed E-state index contributed by atoms with van der Waals surface area (Å²) >= 11 is 8.55. The largest absolute Gasteiger partial charge is 0.151 e. The van der Waals surface area contributed by atoms with Crippen LogP contribution in [0.15, 0.2) is 21.3 Å². The van der Waals surface area contributed by atoms with E-state index in [-0.39, 0.29) is 0 Å². The fraction of sp³-hybridized carbons (Fsp3) is 0.250. The number of thiophene rings is 1. The topological polar surface area (TPSA) is 0 Å². The third-order valence-corrected chi connectivity index (χ3v) is 3.42. The first kappa shape index (κ1) is 9.49. The minimum atomic E-state index is 1.03. The van der Waals surface area contributed by atoms with Crippen molar-refractivity contribution in [2.24, 2.45) is 0 Å². The van der Waals surface area contributed by atoms with Crippen molar-refractivity contribution >= 4 is 49.3 Å². The molecule has 0 radical (unpaired) electrons. The molecule has 0 nitrogen and oxygen atoms in total. The predicted octanol–water partition coefficient (Wildman–Crippen LogP) is 4.31. The monoisotopic (exact) mass is 294 g/mol. The van der Waals surface area contributed by atoms with Crippen LogP contribution in [0, 0.1) is 0 Å². The molecule has 0 aliphatic rings. The minimum Gasteiger partial charge on any atom is -0.151 e. The zero-order valence-corrected chi connectivity index (χ0v) is 9.88. The summed E-state index contributed by atoms with van der Waals surface area (Å²) in [5.74, 6) is 0. The molecule has 1 rings (SSSR count). The van der Waals surface area contributed by atoms with Crippen LogP contribution >= 0.6 is 43.2 Å². The van der Waals surface area contributed by atoms with Crippen molar-refractivity contribution in [3.8, 4) is 0 Å². The molecule has 60 valence electrons. The second-order valence-corrected chi connectivity index (χ2v) is 4.45. The van der Waals surface area contributed by atoms with Gasteiger partial charge in [-0.1, -0.05) is 28.1 Å². The maximum Gasteiger partial charge on any atom is 0.0354 e. The normalized spacial score (nSPS) is 11.1. The van der Waals surface area contributed by atoms with Gasteiger partial charge in [0, 0.05) is 15.2 Å². The number of rotatable bonds is 3. The predicted molar refractivity (Wildman–Crippen MR) is 59.5 cm³/mol. The highest BCUT2D eigenvalue weighted by molar-refractivity contribution is 9.10. The minimum absolute atomic E-state index is 1.03. The fourth-order valence-corrected chi connectivity index (χ4v) is 2.35. The number of halogens is 2. The van der Waals surface area contributed by atoms with E-state index in [4.69, 9.17) is 0 Å². The van der Waals surface area contributed by atoms with Crippen LogP contribution in [0.1, 0.15) is 12.0 Å². The highest BCUT2D eigenvalue weighted by Crippen LogP contribution is 2.22. The lowest BCUT2D eigenvalue weighted by Gasteiger charge is -1.86. The zero-order chi connectivity index (χ0) is 8.10. The SMILES string of the molecule is BrCCC=Cc1cscc1Br. The van der Waals surface area contributed by atoms with Crippen LogP contribution in [0.3, 0.4) is 0 Å². The maximum absolute atomic E-state index is 3.47. The van der Waals surface area contributed by atoms with E-state index in [9.17, 15) is 0 Å². The summed E-state index contributed by atoms with van der Waals surface area (Å²) in [7, 11) is 0. The number of hydrogen-bond donors (Lipinski definition) is 0. The molecule has 11 heavy (non-hydrogen) atoms. The van der Waals surface area contributed by atoms with Crippen LogP contribution in [-0.2, 0) is 0 Å². The molecule has 0 saturated carbocycles. The number of alkyl halides is 1. The van der Waals surface area contributed by atoms with Gasteiger partial charge in [0.05, 0.1) is 0 Å².